The second kappa shape index (κ2) is 7.98. The first-order valence-corrected chi connectivity index (χ1v) is 8.86. The summed E-state index contributed by atoms with van der Waals surface area (Å²) in [7, 11) is 0. The first-order chi connectivity index (χ1) is 14.8. The molecule has 2 N–H and O–H groups in total. The number of hydrogen-bond donors (Lipinski definition) is 1. The van der Waals surface area contributed by atoms with E-state index in [2.05, 4.69) is 19.9 Å². The van der Waals surface area contributed by atoms with Crippen LogP contribution < -0.4 is 10.5 Å². The number of ether oxygens (including phenoxy) is 1. The van der Waals surface area contributed by atoms with Crippen LogP contribution in [0.1, 0.15) is 5.69 Å². The molecule has 0 bridgehead atoms. The highest BCUT2D eigenvalue weighted by atomic mass is 19.4. The molecule has 2 heterocycles. The first kappa shape index (κ1) is 20.2. The second-order valence-electron chi connectivity index (χ2n) is 6.34. The third-order valence-corrected chi connectivity index (χ3v) is 4.24. The van der Waals surface area contributed by atoms with Crippen LogP contribution >= 0.6 is 0 Å². The molecule has 6 nitrogen and oxygen atoms in total. The van der Waals surface area contributed by atoms with Gasteiger partial charge in [-0.25, -0.2) is 14.4 Å². The van der Waals surface area contributed by atoms with Crippen LogP contribution in [0.25, 0.3) is 22.4 Å². The molecule has 4 aromatic rings. The van der Waals surface area contributed by atoms with E-state index in [-0.39, 0.29) is 17.1 Å². The number of alkyl halides is 3. The summed E-state index contributed by atoms with van der Waals surface area (Å²) in [6, 6.07) is 11.2. The van der Waals surface area contributed by atoms with Gasteiger partial charge in [0, 0.05) is 17.3 Å². The van der Waals surface area contributed by atoms with Crippen LogP contribution in [0.3, 0.4) is 0 Å². The smallest absolute Gasteiger partial charge is 0.424 e. The van der Waals surface area contributed by atoms with Crippen LogP contribution in [0.15, 0.2) is 67.1 Å². The number of halogens is 4. The van der Waals surface area contributed by atoms with Gasteiger partial charge in [-0.15, -0.1) is 0 Å². The Kier molecular flexibility index (Phi) is 5.20. The van der Waals surface area contributed by atoms with Gasteiger partial charge in [-0.3, -0.25) is 4.98 Å². The molecule has 2 aromatic heterocycles. The van der Waals surface area contributed by atoms with Gasteiger partial charge in [-0.05, 0) is 29.8 Å². The highest BCUT2D eigenvalue weighted by Gasteiger charge is 2.33. The lowest BCUT2D eigenvalue weighted by molar-refractivity contribution is -0.141. The molecule has 0 radical (unpaired) electrons. The van der Waals surface area contributed by atoms with Crippen molar-refractivity contribution in [2.75, 3.05) is 5.73 Å². The fourth-order valence-corrected chi connectivity index (χ4v) is 2.81. The average molecular weight is 427 g/mol. The zero-order chi connectivity index (χ0) is 22.0. The van der Waals surface area contributed by atoms with E-state index in [0.717, 1.165) is 12.3 Å². The Morgan fingerprint density at radius 1 is 0.871 bits per heavy atom. The number of nitrogen functional groups attached to an aromatic ring is 1. The zero-order valence-corrected chi connectivity index (χ0v) is 15.6. The fraction of sp³-hybridized carbons (Fsp3) is 0.0476. The van der Waals surface area contributed by atoms with Crippen molar-refractivity contribution in [3.05, 3.63) is 78.6 Å². The van der Waals surface area contributed by atoms with Gasteiger partial charge in [0.1, 0.15) is 17.4 Å². The summed E-state index contributed by atoms with van der Waals surface area (Å²) in [5.41, 5.74) is 5.78. The van der Waals surface area contributed by atoms with Crippen molar-refractivity contribution in [2.45, 2.75) is 6.18 Å². The lowest BCUT2D eigenvalue weighted by atomic mass is 10.0. The van der Waals surface area contributed by atoms with Gasteiger partial charge in [0.2, 0.25) is 0 Å². The minimum atomic E-state index is -4.63. The van der Waals surface area contributed by atoms with Gasteiger partial charge in [0.15, 0.2) is 5.69 Å². The number of nitrogens with zero attached hydrogens (tertiary/aromatic N) is 4. The van der Waals surface area contributed by atoms with Crippen LogP contribution in [0.5, 0.6) is 11.8 Å². The quantitative estimate of drug-likeness (QED) is 0.454. The Labute approximate surface area is 173 Å². The van der Waals surface area contributed by atoms with Gasteiger partial charge in [-0.2, -0.15) is 18.2 Å². The van der Waals surface area contributed by atoms with Gasteiger partial charge >= 0.3 is 12.2 Å². The van der Waals surface area contributed by atoms with E-state index in [1.165, 1.54) is 30.6 Å². The largest absolute Gasteiger partial charge is 0.433 e. The molecule has 0 atom stereocenters. The van der Waals surface area contributed by atoms with E-state index in [0.29, 0.717) is 16.8 Å². The van der Waals surface area contributed by atoms with Crippen molar-refractivity contribution < 1.29 is 22.3 Å². The number of para-hydroxylation sites is 1. The summed E-state index contributed by atoms with van der Waals surface area (Å²) in [5, 5.41) is 0. The van der Waals surface area contributed by atoms with E-state index < -0.39 is 23.7 Å². The van der Waals surface area contributed by atoms with Crippen molar-refractivity contribution in [1.29, 1.82) is 0 Å². The summed E-state index contributed by atoms with van der Waals surface area (Å²) >= 11 is 0. The fourth-order valence-electron chi connectivity index (χ4n) is 2.81. The van der Waals surface area contributed by atoms with E-state index in [4.69, 9.17) is 10.5 Å². The van der Waals surface area contributed by atoms with Crippen molar-refractivity contribution in [3.8, 4) is 34.1 Å². The van der Waals surface area contributed by atoms with E-state index >= 15 is 0 Å². The second-order valence-corrected chi connectivity index (χ2v) is 6.34. The van der Waals surface area contributed by atoms with E-state index in [1.807, 2.05) is 0 Å². The Balaban J connectivity index is 1.68. The predicted molar refractivity (Wildman–Crippen MR) is 104 cm³/mol. The highest BCUT2D eigenvalue weighted by molar-refractivity contribution is 5.73. The maximum Gasteiger partial charge on any atom is 0.433 e. The van der Waals surface area contributed by atoms with Crippen LogP contribution in [-0.2, 0) is 6.18 Å². The minimum Gasteiger partial charge on any atom is -0.424 e. The van der Waals surface area contributed by atoms with E-state index in [9.17, 15) is 17.6 Å². The van der Waals surface area contributed by atoms with Gasteiger partial charge in [-0.1, -0.05) is 24.3 Å². The maximum absolute atomic E-state index is 14.8. The molecule has 156 valence electrons. The topological polar surface area (TPSA) is 86.8 Å². The number of aromatic nitrogens is 4. The molecule has 4 rings (SSSR count). The molecule has 0 aliphatic carbocycles. The molecular formula is C21H13F4N5O. The standard InChI is InChI=1S/C21H13F4N5O/c22-15-9-12(5-6-14(15)16-10-29-19(26)11-28-16)13-3-1-2-4-17(13)31-20-27-8-7-18(30-20)21(23,24)25/h1-11H,(H2,26,29). The van der Waals surface area contributed by atoms with Crippen molar-refractivity contribution in [2.24, 2.45) is 0 Å². The first-order valence-electron chi connectivity index (χ1n) is 8.86. The van der Waals surface area contributed by atoms with E-state index in [1.54, 1.807) is 24.3 Å². The van der Waals surface area contributed by atoms with Gasteiger partial charge in [0.25, 0.3) is 0 Å². The highest BCUT2D eigenvalue weighted by Crippen LogP contribution is 2.35. The Morgan fingerprint density at radius 3 is 2.39 bits per heavy atom. The van der Waals surface area contributed by atoms with Crippen molar-refractivity contribution >= 4 is 5.82 Å². The molecule has 0 unspecified atom stereocenters. The van der Waals surface area contributed by atoms with Crippen LogP contribution in [0, 0.1) is 5.82 Å². The summed E-state index contributed by atoms with van der Waals surface area (Å²) < 4.78 is 58.9. The molecule has 0 saturated carbocycles. The number of nitrogens with two attached hydrogens (primary N) is 1. The normalized spacial score (nSPS) is 11.4. The van der Waals surface area contributed by atoms with Crippen molar-refractivity contribution in [1.82, 2.24) is 19.9 Å². The Bertz CT molecular complexity index is 1230. The molecule has 10 heteroatoms. The Morgan fingerprint density at radius 2 is 1.68 bits per heavy atom. The number of hydrogen-bond acceptors (Lipinski definition) is 6. The molecule has 0 saturated heterocycles. The molecule has 0 aliphatic heterocycles. The third-order valence-electron chi connectivity index (χ3n) is 4.24. The van der Waals surface area contributed by atoms with Crippen LogP contribution in [-0.4, -0.2) is 19.9 Å². The average Bonchev–Trinajstić information content (AvgIpc) is 2.74. The zero-order valence-electron chi connectivity index (χ0n) is 15.6. The molecule has 0 aliphatic rings. The number of rotatable bonds is 4. The van der Waals surface area contributed by atoms with Gasteiger partial charge in [0.05, 0.1) is 18.1 Å². The molecule has 0 spiro atoms. The summed E-state index contributed by atoms with van der Waals surface area (Å²) in [4.78, 5) is 15.1. The number of anilines is 1. The van der Waals surface area contributed by atoms with Crippen molar-refractivity contribution in [3.63, 3.8) is 0 Å². The Hall–Kier alpha value is -4.08. The third kappa shape index (κ3) is 4.42. The number of benzene rings is 2. The monoisotopic (exact) mass is 427 g/mol. The lowest BCUT2D eigenvalue weighted by Gasteiger charge is -2.12. The van der Waals surface area contributed by atoms with Crippen LogP contribution in [0.2, 0.25) is 0 Å². The molecule has 0 amide bonds. The molecular weight excluding hydrogens is 414 g/mol. The molecule has 31 heavy (non-hydrogen) atoms. The SMILES string of the molecule is Nc1cnc(-c2ccc(-c3ccccc3Oc3nccc(C(F)(F)F)n3)cc2F)cn1. The van der Waals surface area contributed by atoms with Crippen LogP contribution in [0.4, 0.5) is 23.4 Å². The molecule has 2 aromatic carbocycles. The lowest BCUT2D eigenvalue weighted by Crippen LogP contribution is -2.09. The maximum atomic E-state index is 14.8. The predicted octanol–water partition coefficient (Wildman–Crippen LogP) is 5.13. The summed E-state index contributed by atoms with van der Waals surface area (Å²) in [6.45, 7) is 0. The van der Waals surface area contributed by atoms with Gasteiger partial charge < -0.3 is 10.5 Å². The minimum absolute atomic E-state index is 0.168. The molecule has 0 fully saturated rings. The summed E-state index contributed by atoms with van der Waals surface area (Å²) in [6.07, 6.45) is -1.00. The summed E-state index contributed by atoms with van der Waals surface area (Å²) in [5.74, 6) is -0.188.